The minimum absolute atomic E-state index is 0.247. The Bertz CT molecular complexity index is 648. The van der Waals surface area contributed by atoms with Crippen molar-refractivity contribution in [2.75, 3.05) is 11.4 Å². The fourth-order valence-corrected chi connectivity index (χ4v) is 2.12. The minimum atomic E-state index is -0.247. The van der Waals surface area contributed by atoms with Gasteiger partial charge in [-0.1, -0.05) is 18.2 Å². The highest BCUT2D eigenvalue weighted by Gasteiger charge is 2.15. The molecule has 0 aliphatic carbocycles. The van der Waals surface area contributed by atoms with Gasteiger partial charge >= 0.3 is 0 Å². The van der Waals surface area contributed by atoms with Gasteiger partial charge in [-0.15, -0.1) is 0 Å². The van der Waals surface area contributed by atoms with Crippen LogP contribution in [0.5, 0.6) is 0 Å². The minimum Gasteiger partial charge on any atom is -0.324 e. The van der Waals surface area contributed by atoms with E-state index in [4.69, 9.17) is 5.26 Å². The first-order valence-corrected chi connectivity index (χ1v) is 6.46. The number of halogens is 1. The van der Waals surface area contributed by atoms with Crippen molar-refractivity contribution in [2.24, 2.45) is 0 Å². The summed E-state index contributed by atoms with van der Waals surface area (Å²) in [6.45, 7) is 0.468. The summed E-state index contributed by atoms with van der Waals surface area (Å²) in [7, 11) is 0. The molecule has 1 aromatic carbocycles. The number of benzene rings is 1. The Balaban J connectivity index is 2.47. The van der Waals surface area contributed by atoms with E-state index in [0.717, 1.165) is 5.69 Å². The van der Waals surface area contributed by atoms with Crippen LogP contribution in [0.2, 0.25) is 0 Å². The maximum absolute atomic E-state index is 11.6. The van der Waals surface area contributed by atoms with Gasteiger partial charge in [0.25, 0.3) is 5.56 Å². The SMILES string of the molecule is N#CCCN(c1ccccc1)c1nc[nH]c(=O)c1Br. The smallest absolute Gasteiger partial charge is 0.267 e. The van der Waals surface area contributed by atoms with Crippen LogP contribution in [0.3, 0.4) is 0 Å². The summed E-state index contributed by atoms with van der Waals surface area (Å²) in [6.07, 6.45) is 1.69. The van der Waals surface area contributed by atoms with Gasteiger partial charge in [-0.25, -0.2) is 4.98 Å². The third-order valence-electron chi connectivity index (χ3n) is 2.55. The Morgan fingerprint density at radius 1 is 1.37 bits per heavy atom. The predicted octanol–water partition coefficient (Wildman–Crippen LogP) is 2.58. The number of nitriles is 1. The average Bonchev–Trinajstić information content (AvgIpc) is 2.45. The van der Waals surface area contributed by atoms with E-state index in [2.05, 4.69) is 32.0 Å². The maximum Gasteiger partial charge on any atom is 0.267 e. The van der Waals surface area contributed by atoms with Gasteiger partial charge in [-0.3, -0.25) is 4.79 Å². The molecule has 0 saturated carbocycles. The molecule has 1 N–H and O–H groups in total. The molecule has 1 heterocycles. The van der Waals surface area contributed by atoms with Crippen molar-refractivity contribution in [2.45, 2.75) is 6.42 Å². The van der Waals surface area contributed by atoms with Gasteiger partial charge in [0.05, 0.1) is 18.8 Å². The molecule has 0 aliphatic rings. The van der Waals surface area contributed by atoms with Gasteiger partial charge in [-0.2, -0.15) is 5.26 Å². The number of hydrogen-bond acceptors (Lipinski definition) is 4. The normalized spacial score (nSPS) is 9.89. The molecule has 1 aromatic heterocycles. The Kier molecular flexibility index (Phi) is 4.31. The van der Waals surface area contributed by atoms with Crippen molar-refractivity contribution in [1.82, 2.24) is 9.97 Å². The Hall–Kier alpha value is -2.13. The fourth-order valence-electron chi connectivity index (χ4n) is 1.69. The Morgan fingerprint density at radius 3 is 2.79 bits per heavy atom. The molecule has 5 nitrogen and oxygen atoms in total. The summed E-state index contributed by atoms with van der Waals surface area (Å²) in [5.74, 6) is 0.505. The lowest BCUT2D eigenvalue weighted by atomic mass is 10.2. The standard InChI is InChI=1S/C13H11BrN4O/c14-11-12(16-9-17-13(11)19)18(8-4-7-15)10-5-2-1-3-6-10/h1-3,5-6,9H,4,8H2,(H,16,17,19). The molecule has 0 unspecified atom stereocenters. The lowest BCUT2D eigenvalue weighted by Crippen LogP contribution is -2.23. The van der Waals surface area contributed by atoms with E-state index in [1.165, 1.54) is 6.33 Å². The van der Waals surface area contributed by atoms with Gasteiger partial charge in [-0.05, 0) is 28.1 Å². The Labute approximate surface area is 118 Å². The maximum atomic E-state index is 11.6. The molecule has 0 radical (unpaired) electrons. The van der Waals surface area contributed by atoms with E-state index >= 15 is 0 Å². The zero-order chi connectivity index (χ0) is 13.7. The molecular formula is C13H11BrN4O. The van der Waals surface area contributed by atoms with Gasteiger partial charge in [0, 0.05) is 12.2 Å². The first-order valence-electron chi connectivity index (χ1n) is 5.66. The van der Waals surface area contributed by atoms with Crippen molar-refractivity contribution < 1.29 is 0 Å². The number of anilines is 2. The quantitative estimate of drug-likeness (QED) is 0.940. The lowest BCUT2D eigenvalue weighted by Gasteiger charge is -2.23. The molecular weight excluding hydrogens is 308 g/mol. The van der Waals surface area contributed by atoms with Crippen LogP contribution in [0.15, 0.2) is 45.9 Å². The van der Waals surface area contributed by atoms with Crippen LogP contribution >= 0.6 is 15.9 Å². The molecule has 0 atom stereocenters. The van der Waals surface area contributed by atoms with E-state index in [1.807, 2.05) is 35.2 Å². The van der Waals surface area contributed by atoms with E-state index in [1.54, 1.807) is 0 Å². The topological polar surface area (TPSA) is 72.8 Å². The van der Waals surface area contributed by atoms with E-state index in [9.17, 15) is 4.79 Å². The number of nitrogens with zero attached hydrogens (tertiary/aromatic N) is 3. The number of rotatable bonds is 4. The van der Waals surface area contributed by atoms with E-state index in [0.29, 0.717) is 23.3 Å². The van der Waals surface area contributed by atoms with Gasteiger partial charge in [0.2, 0.25) is 0 Å². The van der Waals surface area contributed by atoms with Crippen LogP contribution < -0.4 is 10.5 Å². The highest BCUT2D eigenvalue weighted by molar-refractivity contribution is 9.10. The third kappa shape index (κ3) is 3.01. The zero-order valence-electron chi connectivity index (χ0n) is 10.0. The molecule has 2 rings (SSSR count). The van der Waals surface area contributed by atoms with Crippen molar-refractivity contribution >= 4 is 27.4 Å². The Morgan fingerprint density at radius 2 is 2.11 bits per heavy atom. The third-order valence-corrected chi connectivity index (χ3v) is 3.26. The average molecular weight is 319 g/mol. The summed E-state index contributed by atoms with van der Waals surface area (Å²) in [5, 5.41) is 8.76. The number of H-pyrrole nitrogens is 1. The zero-order valence-corrected chi connectivity index (χ0v) is 11.6. The molecule has 2 aromatic rings. The molecule has 96 valence electrons. The largest absolute Gasteiger partial charge is 0.324 e. The summed E-state index contributed by atoms with van der Waals surface area (Å²) in [6, 6.07) is 11.6. The second kappa shape index (κ2) is 6.16. The van der Waals surface area contributed by atoms with Crippen LogP contribution in [0.1, 0.15) is 6.42 Å². The van der Waals surface area contributed by atoms with Gasteiger partial charge < -0.3 is 9.88 Å². The summed E-state index contributed by atoms with van der Waals surface area (Å²) >= 11 is 3.24. The highest BCUT2D eigenvalue weighted by Crippen LogP contribution is 2.27. The number of aromatic nitrogens is 2. The number of hydrogen-bond donors (Lipinski definition) is 1. The molecule has 0 spiro atoms. The van der Waals surface area contributed by atoms with Gasteiger partial charge in [0.15, 0.2) is 5.82 Å². The van der Waals surface area contributed by atoms with Crippen LogP contribution in [-0.2, 0) is 0 Å². The second-order valence-electron chi connectivity index (χ2n) is 3.76. The summed E-state index contributed by atoms with van der Waals surface area (Å²) in [4.78, 5) is 20.1. The monoisotopic (exact) mass is 318 g/mol. The first kappa shape index (κ1) is 13.3. The molecule has 6 heteroatoms. The van der Waals surface area contributed by atoms with E-state index in [-0.39, 0.29) is 5.56 Å². The number of nitrogens with one attached hydrogen (secondary N) is 1. The summed E-state index contributed by atoms with van der Waals surface area (Å²) < 4.78 is 0.358. The molecule has 0 amide bonds. The van der Waals surface area contributed by atoms with Crippen LogP contribution in [0.25, 0.3) is 0 Å². The number of aromatic amines is 1. The second-order valence-corrected chi connectivity index (χ2v) is 4.56. The van der Waals surface area contributed by atoms with Crippen molar-refractivity contribution in [3.63, 3.8) is 0 Å². The van der Waals surface area contributed by atoms with Gasteiger partial charge in [0.1, 0.15) is 4.47 Å². The van der Waals surface area contributed by atoms with Crippen LogP contribution in [0, 0.1) is 11.3 Å². The molecule has 0 saturated heterocycles. The lowest BCUT2D eigenvalue weighted by molar-refractivity contribution is 0.910. The van der Waals surface area contributed by atoms with Crippen molar-refractivity contribution in [3.8, 4) is 6.07 Å². The first-order chi connectivity index (χ1) is 9.24. The van der Waals surface area contributed by atoms with Crippen molar-refractivity contribution in [1.29, 1.82) is 5.26 Å². The van der Waals surface area contributed by atoms with Crippen molar-refractivity contribution in [3.05, 3.63) is 51.5 Å². The molecule has 0 bridgehead atoms. The molecule has 0 aliphatic heterocycles. The highest BCUT2D eigenvalue weighted by atomic mass is 79.9. The van der Waals surface area contributed by atoms with Crippen LogP contribution in [0.4, 0.5) is 11.5 Å². The number of para-hydroxylation sites is 1. The summed E-state index contributed by atoms with van der Waals surface area (Å²) in [5.41, 5.74) is 0.638. The molecule has 19 heavy (non-hydrogen) atoms. The molecule has 0 fully saturated rings. The predicted molar refractivity (Wildman–Crippen MR) is 76.2 cm³/mol. The van der Waals surface area contributed by atoms with E-state index < -0.39 is 0 Å². The van der Waals surface area contributed by atoms with Crippen LogP contribution in [-0.4, -0.2) is 16.5 Å². The fraction of sp³-hybridized carbons (Fsp3) is 0.154.